The summed E-state index contributed by atoms with van der Waals surface area (Å²) in [6.45, 7) is 3.15. The van der Waals surface area contributed by atoms with Crippen LogP contribution in [0.2, 0.25) is 0 Å². The van der Waals surface area contributed by atoms with Crippen molar-refractivity contribution in [3.63, 3.8) is 0 Å². The van der Waals surface area contributed by atoms with Crippen molar-refractivity contribution in [3.8, 4) is 0 Å². The summed E-state index contributed by atoms with van der Waals surface area (Å²) in [6, 6.07) is 15.5. The van der Waals surface area contributed by atoms with Crippen LogP contribution in [0.5, 0.6) is 0 Å². The highest BCUT2D eigenvalue weighted by atomic mass is 15.1. The summed E-state index contributed by atoms with van der Waals surface area (Å²) >= 11 is 0. The second-order valence-corrected chi connectivity index (χ2v) is 4.62. The van der Waals surface area contributed by atoms with Gasteiger partial charge in [-0.25, -0.2) is 0 Å². The fraction of sp³-hybridized carbons (Fsp3) is 0.267. The third kappa shape index (κ3) is 1.80. The molecule has 0 spiro atoms. The minimum Gasteiger partial charge on any atom is -0.371 e. The Morgan fingerprint density at radius 1 is 1.18 bits per heavy atom. The SMILES string of the molecule is C[C@H](c1cccc2ccccc12)C1CN=CN1. The number of fused-ring (bicyclic) bond motifs is 1. The van der Waals surface area contributed by atoms with Crippen LogP contribution in [0.1, 0.15) is 18.4 Å². The van der Waals surface area contributed by atoms with E-state index >= 15 is 0 Å². The molecule has 2 atom stereocenters. The molecular weight excluding hydrogens is 208 g/mol. The van der Waals surface area contributed by atoms with Crippen molar-refractivity contribution >= 4 is 17.1 Å². The summed E-state index contributed by atoms with van der Waals surface area (Å²) in [5.41, 5.74) is 1.41. The number of hydrogen-bond donors (Lipinski definition) is 1. The fourth-order valence-electron chi connectivity index (χ4n) is 2.53. The standard InChI is InChI=1S/C15H16N2/c1-11(15-9-16-10-17-15)13-8-4-6-12-5-2-3-7-14(12)13/h2-8,10-11,15H,9H2,1H3,(H,16,17)/t11-,15?/m1/s1. The first-order valence-corrected chi connectivity index (χ1v) is 6.08. The lowest BCUT2D eigenvalue weighted by molar-refractivity contribution is 0.560. The zero-order chi connectivity index (χ0) is 11.7. The van der Waals surface area contributed by atoms with Gasteiger partial charge in [0.1, 0.15) is 0 Å². The number of nitrogens with one attached hydrogen (secondary N) is 1. The summed E-state index contributed by atoms with van der Waals surface area (Å²) in [7, 11) is 0. The predicted molar refractivity (Wildman–Crippen MR) is 72.6 cm³/mol. The van der Waals surface area contributed by atoms with Crippen LogP contribution in [0.25, 0.3) is 10.8 Å². The third-order valence-corrected chi connectivity index (χ3v) is 3.60. The Morgan fingerprint density at radius 3 is 2.82 bits per heavy atom. The first-order chi connectivity index (χ1) is 8.36. The van der Waals surface area contributed by atoms with Crippen molar-refractivity contribution in [1.29, 1.82) is 0 Å². The number of aliphatic imine (C=N–C) groups is 1. The van der Waals surface area contributed by atoms with Crippen molar-refractivity contribution in [2.24, 2.45) is 4.99 Å². The molecule has 0 fully saturated rings. The molecule has 1 unspecified atom stereocenters. The van der Waals surface area contributed by atoms with Crippen LogP contribution in [-0.4, -0.2) is 18.9 Å². The molecule has 17 heavy (non-hydrogen) atoms. The maximum Gasteiger partial charge on any atom is 0.0827 e. The van der Waals surface area contributed by atoms with Gasteiger partial charge in [-0.2, -0.15) is 0 Å². The summed E-state index contributed by atoms with van der Waals surface area (Å²) in [5.74, 6) is 0.476. The normalized spacial score (nSPS) is 20.4. The quantitative estimate of drug-likeness (QED) is 0.833. The molecule has 2 aromatic rings. The van der Waals surface area contributed by atoms with Crippen molar-refractivity contribution < 1.29 is 0 Å². The highest BCUT2D eigenvalue weighted by Gasteiger charge is 2.21. The highest BCUT2D eigenvalue weighted by Crippen LogP contribution is 2.28. The zero-order valence-electron chi connectivity index (χ0n) is 9.93. The molecule has 0 saturated heterocycles. The van der Waals surface area contributed by atoms with Crippen LogP contribution in [-0.2, 0) is 0 Å². The van der Waals surface area contributed by atoms with E-state index in [0.717, 1.165) is 6.54 Å². The molecule has 2 aromatic carbocycles. The van der Waals surface area contributed by atoms with Crippen LogP contribution in [0.15, 0.2) is 47.5 Å². The number of rotatable bonds is 2. The van der Waals surface area contributed by atoms with Crippen molar-refractivity contribution in [1.82, 2.24) is 5.32 Å². The maximum atomic E-state index is 4.26. The molecule has 1 N–H and O–H groups in total. The molecule has 2 heteroatoms. The first kappa shape index (κ1) is 10.3. The molecule has 0 radical (unpaired) electrons. The van der Waals surface area contributed by atoms with E-state index in [0.29, 0.717) is 12.0 Å². The smallest absolute Gasteiger partial charge is 0.0827 e. The van der Waals surface area contributed by atoms with Crippen LogP contribution < -0.4 is 5.32 Å². The molecule has 1 aliphatic heterocycles. The minimum absolute atomic E-state index is 0.431. The van der Waals surface area contributed by atoms with Gasteiger partial charge in [0, 0.05) is 5.92 Å². The monoisotopic (exact) mass is 224 g/mol. The molecule has 3 rings (SSSR count). The number of benzene rings is 2. The van der Waals surface area contributed by atoms with E-state index in [1.165, 1.54) is 16.3 Å². The Balaban J connectivity index is 2.04. The summed E-state index contributed by atoms with van der Waals surface area (Å²) in [5, 5.41) is 6.00. The molecule has 0 aliphatic carbocycles. The van der Waals surface area contributed by atoms with Gasteiger partial charge >= 0.3 is 0 Å². The highest BCUT2D eigenvalue weighted by molar-refractivity contribution is 5.86. The zero-order valence-corrected chi connectivity index (χ0v) is 9.93. The molecule has 0 aromatic heterocycles. The Bertz CT molecular complexity index is 546. The summed E-state index contributed by atoms with van der Waals surface area (Å²) in [4.78, 5) is 4.26. The number of hydrogen-bond acceptors (Lipinski definition) is 2. The second-order valence-electron chi connectivity index (χ2n) is 4.62. The van der Waals surface area contributed by atoms with E-state index in [-0.39, 0.29) is 0 Å². The van der Waals surface area contributed by atoms with E-state index in [9.17, 15) is 0 Å². The summed E-state index contributed by atoms with van der Waals surface area (Å²) < 4.78 is 0. The van der Waals surface area contributed by atoms with Crippen LogP contribution in [0.4, 0.5) is 0 Å². The van der Waals surface area contributed by atoms with Gasteiger partial charge in [0.05, 0.1) is 18.9 Å². The van der Waals surface area contributed by atoms with Crippen molar-refractivity contribution in [3.05, 3.63) is 48.0 Å². The third-order valence-electron chi connectivity index (χ3n) is 3.60. The Morgan fingerprint density at radius 2 is 2.00 bits per heavy atom. The van der Waals surface area contributed by atoms with Gasteiger partial charge in [0.2, 0.25) is 0 Å². The molecule has 0 bridgehead atoms. The van der Waals surface area contributed by atoms with E-state index in [2.05, 4.69) is 59.7 Å². The molecule has 2 nitrogen and oxygen atoms in total. The molecular formula is C15H16N2. The molecule has 86 valence electrons. The molecule has 1 aliphatic rings. The lowest BCUT2D eigenvalue weighted by atomic mass is 9.89. The van der Waals surface area contributed by atoms with Gasteiger partial charge in [0.25, 0.3) is 0 Å². The van der Waals surface area contributed by atoms with E-state index in [4.69, 9.17) is 0 Å². The van der Waals surface area contributed by atoms with Crippen molar-refractivity contribution in [2.75, 3.05) is 6.54 Å². The minimum atomic E-state index is 0.431. The second kappa shape index (κ2) is 4.21. The Labute approximate surface area is 101 Å². The van der Waals surface area contributed by atoms with Crippen LogP contribution in [0, 0.1) is 0 Å². The van der Waals surface area contributed by atoms with Gasteiger partial charge in [-0.05, 0) is 16.3 Å². The largest absolute Gasteiger partial charge is 0.371 e. The average molecular weight is 224 g/mol. The Kier molecular flexibility index (Phi) is 2.56. The van der Waals surface area contributed by atoms with Crippen LogP contribution in [0.3, 0.4) is 0 Å². The fourth-order valence-corrected chi connectivity index (χ4v) is 2.53. The molecule has 0 amide bonds. The Hall–Kier alpha value is -1.83. The van der Waals surface area contributed by atoms with Gasteiger partial charge in [0.15, 0.2) is 0 Å². The average Bonchev–Trinajstić information content (AvgIpc) is 2.91. The lowest BCUT2D eigenvalue weighted by Gasteiger charge is -2.21. The maximum absolute atomic E-state index is 4.26. The number of nitrogens with zero attached hydrogens (tertiary/aromatic N) is 1. The van der Waals surface area contributed by atoms with E-state index < -0.39 is 0 Å². The lowest BCUT2D eigenvalue weighted by Crippen LogP contribution is -2.30. The first-order valence-electron chi connectivity index (χ1n) is 6.08. The van der Waals surface area contributed by atoms with Gasteiger partial charge in [-0.1, -0.05) is 49.4 Å². The van der Waals surface area contributed by atoms with Gasteiger partial charge in [-0.3, -0.25) is 4.99 Å². The van der Waals surface area contributed by atoms with Gasteiger partial charge in [-0.15, -0.1) is 0 Å². The topological polar surface area (TPSA) is 24.4 Å². The molecule has 1 heterocycles. The van der Waals surface area contributed by atoms with E-state index in [1.54, 1.807) is 0 Å². The molecule has 0 saturated carbocycles. The van der Waals surface area contributed by atoms with E-state index in [1.807, 2.05) is 6.34 Å². The van der Waals surface area contributed by atoms with Crippen LogP contribution >= 0.6 is 0 Å². The van der Waals surface area contributed by atoms with Gasteiger partial charge < -0.3 is 5.32 Å². The predicted octanol–water partition coefficient (Wildman–Crippen LogP) is 2.94. The van der Waals surface area contributed by atoms with Crippen molar-refractivity contribution in [2.45, 2.75) is 18.9 Å². The summed E-state index contributed by atoms with van der Waals surface area (Å²) in [6.07, 6.45) is 1.83.